The van der Waals surface area contributed by atoms with E-state index in [9.17, 15) is 9.50 Å². The molecule has 3 saturated heterocycles. The van der Waals surface area contributed by atoms with Gasteiger partial charge in [-0.25, -0.2) is 13.2 Å². The molecule has 13 heteroatoms. The van der Waals surface area contributed by atoms with Crippen LogP contribution in [0.2, 0.25) is 5.02 Å². The van der Waals surface area contributed by atoms with E-state index < -0.39 is 28.9 Å². The van der Waals surface area contributed by atoms with E-state index in [1.165, 1.54) is 12.3 Å². The number of benzene rings is 2. The molecule has 2 N–H and O–H groups in total. The Kier molecular flexibility index (Phi) is 7.66. The van der Waals surface area contributed by atoms with Gasteiger partial charge in [0.25, 0.3) is 0 Å². The summed E-state index contributed by atoms with van der Waals surface area (Å²) in [6, 6.07) is 2.76. The van der Waals surface area contributed by atoms with Crippen LogP contribution in [0.4, 0.5) is 19.0 Å². The number of hydrogen-bond donors (Lipinski definition) is 2. The number of aliphatic hydroxyl groups is 1. The Morgan fingerprint density at radius 1 is 1.22 bits per heavy atom. The molecule has 2 aromatic heterocycles. The third-order valence-electron chi connectivity index (χ3n) is 9.14. The van der Waals surface area contributed by atoms with Crippen LogP contribution in [0, 0.1) is 11.6 Å². The molecular formula is C32H34ClF3N6O3. The van der Waals surface area contributed by atoms with Crippen molar-refractivity contribution in [3.63, 3.8) is 0 Å². The van der Waals surface area contributed by atoms with E-state index in [4.69, 9.17) is 21.1 Å². The van der Waals surface area contributed by atoms with E-state index >= 15 is 8.78 Å². The number of β-amino-alcohol motifs (C(OH)–C–C–N with tert-alkyl or cyclic N) is 1. The summed E-state index contributed by atoms with van der Waals surface area (Å²) in [4.78, 5) is 13.0. The van der Waals surface area contributed by atoms with Crippen LogP contribution in [0.5, 0.6) is 6.01 Å². The first-order valence-electron chi connectivity index (χ1n) is 15.1. The summed E-state index contributed by atoms with van der Waals surface area (Å²) >= 11 is 6.61. The third-order valence-corrected chi connectivity index (χ3v) is 9.45. The fourth-order valence-electron chi connectivity index (χ4n) is 7.20. The number of nitrogens with one attached hydrogen (secondary N) is 1. The van der Waals surface area contributed by atoms with Gasteiger partial charge >= 0.3 is 6.01 Å². The molecule has 9 nitrogen and oxygen atoms in total. The number of anilines is 1. The Morgan fingerprint density at radius 3 is 2.89 bits per heavy atom. The Balaban J connectivity index is 1.42. The Bertz CT molecular complexity index is 1820. The molecule has 7 rings (SSSR count). The molecule has 0 unspecified atom stereocenters. The van der Waals surface area contributed by atoms with E-state index in [-0.39, 0.29) is 60.2 Å². The van der Waals surface area contributed by atoms with Gasteiger partial charge in [-0.1, -0.05) is 23.8 Å². The lowest BCUT2D eigenvalue weighted by atomic mass is 9.93. The summed E-state index contributed by atoms with van der Waals surface area (Å²) in [7, 11) is 0. The number of hydrogen-bond acceptors (Lipinski definition) is 8. The van der Waals surface area contributed by atoms with Crippen LogP contribution in [-0.2, 0) is 4.74 Å². The van der Waals surface area contributed by atoms with Gasteiger partial charge in [0.2, 0.25) is 0 Å². The van der Waals surface area contributed by atoms with Crippen molar-refractivity contribution in [3.8, 4) is 17.1 Å². The lowest BCUT2D eigenvalue weighted by molar-refractivity contribution is -0.0123. The molecular weight excluding hydrogens is 609 g/mol. The first-order valence-corrected chi connectivity index (χ1v) is 15.5. The van der Waals surface area contributed by atoms with E-state index in [0.717, 1.165) is 19.4 Å². The number of ether oxygens (including phenoxy) is 2. The second-order valence-corrected chi connectivity index (χ2v) is 13.0. The smallest absolute Gasteiger partial charge is 0.319 e. The van der Waals surface area contributed by atoms with Gasteiger partial charge < -0.3 is 19.5 Å². The molecule has 3 aliphatic rings. The first-order chi connectivity index (χ1) is 21.6. The molecule has 0 aliphatic carbocycles. The molecule has 3 aliphatic heterocycles. The van der Waals surface area contributed by atoms with Gasteiger partial charge in [-0.3, -0.25) is 10.00 Å². The van der Waals surface area contributed by atoms with E-state index in [2.05, 4.69) is 25.1 Å². The van der Waals surface area contributed by atoms with Gasteiger partial charge in [-0.05, 0) is 45.4 Å². The lowest BCUT2D eigenvalue weighted by Gasteiger charge is -2.31. The van der Waals surface area contributed by atoms with Crippen LogP contribution < -0.4 is 9.64 Å². The highest BCUT2D eigenvalue weighted by Gasteiger charge is 2.49. The predicted octanol–water partition coefficient (Wildman–Crippen LogP) is 5.68. The molecule has 0 spiro atoms. The summed E-state index contributed by atoms with van der Waals surface area (Å²) in [5, 5.41) is 18.7. The first kappa shape index (κ1) is 30.2. The predicted molar refractivity (Wildman–Crippen MR) is 166 cm³/mol. The van der Waals surface area contributed by atoms with Crippen LogP contribution in [0.15, 0.2) is 24.4 Å². The minimum atomic E-state index is -1.25. The number of allylic oxidation sites excluding steroid dienone is 1. The largest absolute Gasteiger partial charge is 0.461 e. The van der Waals surface area contributed by atoms with Crippen molar-refractivity contribution < 1.29 is 27.8 Å². The number of halogens is 4. The third kappa shape index (κ3) is 5.31. The molecule has 0 saturated carbocycles. The number of rotatable bonds is 6. The normalized spacial score (nSPS) is 25.9. The average Bonchev–Trinajstić information content (AvgIpc) is 3.65. The van der Waals surface area contributed by atoms with Crippen LogP contribution >= 0.6 is 11.6 Å². The minimum Gasteiger partial charge on any atom is -0.461 e. The van der Waals surface area contributed by atoms with E-state index in [1.807, 2.05) is 0 Å². The van der Waals surface area contributed by atoms with Crippen molar-refractivity contribution in [1.82, 2.24) is 25.1 Å². The molecule has 238 valence electrons. The maximum Gasteiger partial charge on any atom is 0.319 e. The zero-order chi connectivity index (χ0) is 31.5. The summed E-state index contributed by atoms with van der Waals surface area (Å²) in [5.41, 5.74) is -1.03. The highest BCUT2D eigenvalue weighted by molar-refractivity contribution is 6.34. The van der Waals surface area contributed by atoms with Gasteiger partial charge in [-0.15, -0.1) is 0 Å². The number of H-pyrrole nitrogens is 1. The van der Waals surface area contributed by atoms with Crippen molar-refractivity contribution in [2.24, 2.45) is 0 Å². The molecule has 0 radical (unpaired) electrons. The van der Waals surface area contributed by atoms with Crippen molar-refractivity contribution >= 4 is 45.3 Å². The van der Waals surface area contributed by atoms with Crippen LogP contribution in [-0.4, -0.2) is 93.5 Å². The monoisotopic (exact) mass is 642 g/mol. The maximum atomic E-state index is 16.9. The molecule has 0 bridgehead atoms. The summed E-state index contributed by atoms with van der Waals surface area (Å²) in [6.07, 6.45) is 6.02. The standard InChI is InChI=1S/C32H34ClF3N6O3/c1-3-5-19-22(33)11-24-21(13-37-40-24)25(19)26-23(35)10-20-28(27(26)36)38-30(39-29(20)41-8-9-44-16-31(2,43)15-41)45-17-32-6-4-7-42(32)14-18(34)12-32/h3,5,10-11,13,18,43H,4,6-9,12,14-17H2,1-2H3,(H,37,40)/b5-3-/t18-,31+,32+/m1/s1. The molecule has 5 heterocycles. The van der Waals surface area contributed by atoms with Gasteiger partial charge in [0.1, 0.15) is 35.5 Å². The highest BCUT2D eigenvalue weighted by Crippen LogP contribution is 2.44. The molecule has 2 aromatic carbocycles. The van der Waals surface area contributed by atoms with Crippen molar-refractivity contribution in [2.75, 3.05) is 50.9 Å². The number of aromatic nitrogens is 4. The quantitative estimate of drug-likeness (QED) is 0.277. The molecule has 45 heavy (non-hydrogen) atoms. The molecule has 0 amide bonds. The second kappa shape index (κ2) is 11.4. The number of aromatic amines is 1. The molecule has 3 fully saturated rings. The van der Waals surface area contributed by atoms with Gasteiger partial charge in [0, 0.05) is 41.4 Å². The van der Waals surface area contributed by atoms with Gasteiger partial charge in [0.05, 0.1) is 47.6 Å². The fraction of sp³-hybridized carbons (Fsp3) is 0.469. The Morgan fingerprint density at radius 2 is 2.07 bits per heavy atom. The van der Waals surface area contributed by atoms with Crippen LogP contribution in [0.25, 0.3) is 39.0 Å². The van der Waals surface area contributed by atoms with Gasteiger partial charge in [0.15, 0.2) is 5.82 Å². The number of nitrogens with zero attached hydrogens (tertiary/aromatic N) is 5. The summed E-state index contributed by atoms with van der Waals surface area (Å²) in [5.74, 6) is -1.56. The summed E-state index contributed by atoms with van der Waals surface area (Å²) < 4.78 is 59.5. The topological polar surface area (TPSA) is 99.6 Å². The minimum absolute atomic E-state index is 0.0919. The lowest BCUT2D eigenvalue weighted by Crippen LogP contribution is -2.44. The van der Waals surface area contributed by atoms with E-state index in [0.29, 0.717) is 41.0 Å². The number of alkyl halides is 1. The number of fused-ring (bicyclic) bond motifs is 3. The SMILES string of the molecule is C/C=C\c1c(Cl)cc2[nH]ncc2c1-c1c(F)cc2c(N3CCOC[C@@](C)(O)C3)nc(OC[C@@]34CCCN3C[C@H](F)C4)nc2c1F. The molecule has 4 aromatic rings. The Labute approximate surface area is 263 Å². The zero-order valence-electron chi connectivity index (χ0n) is 25.0. The van der Waals surface area contributed by atoms with Crippen molar-refractivity contribution in [3.05, 3.63) is 46.6 Å². The maximum absolute atomic E-state index is 16.9. The average molecular weight is 643 g/mol. The second-order valence-electron chi connectivity index (χ2n) is 12.6. The van der Waals surface area contributed by atoms with Gasteiger partial charge in [-0.2, -0.15) is 15.1 Å². The zero-order valence-corrected chi connectivity index (χ0v) is 25.8. The summed E-state index contributed by atoms with van der Waals surface area (Å²) in [6.45, 7) is 5.45. The fourth-order valence-corrected chi connectivity index (χ4v) is 7.47. The van der Waals surface area contributed by atoms with Crippen molar-refractivity contribution in [1.29, 1.82) is 0 Å². The highest BCUT2D eigenvalue weighted by atomic mass is 35.5. The van der Waals surface area contributed by atoms with E-state index in [1.54, 1.807) is 37.0 Å². The van der Waals surface area contributed by atoms with Crippen LogP contribution in [0.3, 0.4) is 0 Å². The molecule has 3 atom stereocenters. The van der Waals surface area contributed by atoms with Crippen molar-refractivity contribution in [2.45, 2.75) is 50.4 Å². The van der Waals surface area contributed by atoms with Crippen LogP contribution in [0.1, 0.15) is 38.7 Å². The Hall–Kier alpha value is -3.45.